The Balaban J connectivity index is 2.18. The third-order valence-electron chi connectivity index (χ3n) is 2.83. The van der Waals surface area contributed by atoms with Crippen LogP contribution in [0.25, 0.3) is 10.8 Å². The van der Waals surface area contributed by atoms with Crippen LogP contribution in [-0.2, 0) is 0 Å². The van der Waals surface area contributed by atoms with E-state index in [2.05, 4.69) is 29.4 Å². The first-order valence-electron chi connectivity index (χ1n) is 6.48. The zero-order valence-corrected chi connectivity index (χ0v) is 12.3. The van der Waals surface area contributed by atoms with Gasteiger partial charge in [-0.3, -0.25) is 0 Å². The molecule has 0 radical (unpaired) electrons. The van der Waals surface area contributed by atoms with Gasteiger partial charge in [-0.05, 0) is 30.8 Å². The summed E-state index contributed by atoms with van der Waals surface area (Å²) in [6, 6.07) is 2.02. The summed E-state index contributed by atoms with van der Waals surface area (Å²) >= 11 is 1.54. The first-order chi connectivity index (χ1) is 9.30. The molecule has 1 unspecified atom stereocenters. The van der Waals surface area contributed by atoms with Gasteiger partial charge in [0.2, 0.25) is 5.89 Å². The van der Waals surface area contributed by atoms with Gasteiger partial charge >= 0.3 is 0 Å². The highest BCUT2D eigenvalue weighted by Crippen LogP contribution is 2.35. The SMILES string of the molecule is CCCNC(CC)c1nnc(-c2sccc2OC)o1. The minimum absolute atomic E-state index is 0.118. The molecule has 0 fully saturated rings. The second kappa shape index (κ2) is 6.68. The Bertz CT molecular complexity index is 509. The molecule has 0 saturated carbocycles. The van der Waals surface area contributed by atoms with E-state index in [4.69, 9.17) is 9.15 Å². The normalized spacial score (nSPS) is 12.6. The van der Waals surface area contributed by atoms with E-state index >= 15 is 0 Å². The number of rotatable bonds is 7. The summed E-state index contributed by atoms with van der Waals surface area (Å²) in [5.41, 5.74) is 0. The van der Waals surface area contributed by atoms with E-state index in [1.54, 1.807) is 7.11 Å². The maximum atomic E-state index is 5.77. The number of hydrogen-bond donors (Lipinski definition) is 1. The molecule has 2 aromatic heterocycles. The van der Waals surface area contributed by atoms with Gasteiger partial charge in [-0.2, -0.15) is 0 Å². The number of thiophene rings is 1. The average Bonchev–Trinajstić information content (AvgIpc) is 3.07. The van der Waals surface area contributed by atoms with Crippen LogP contribution in [0.2, 0.25) is 0 Å². The van der Waals surface area contributed by atoms with E-state index in [9.17, 15) is 0 Å². The number of methoxy groups -OCH3 is 1. The molecule has 2 heterocycles. The van der Waals surface area contributed by atoms with Crippen molar-refractivity contribution in [1.29, 1.82) is 0 Å². The maximum Gasteiger partial charge on any atom is 0.261 e. The predicted octanol–water partition coefficient (Wildman–Crippen LogP) is 3.26. The van der Waals surface area contributed by atoms with E-state index in [1.807, 2.05) is 11.4 Å². The fourth-order valence-corrected chi connectivity index (χ4v) is 2.58. The highest BCUT2D eigenvalue weighted by molar-refractivity contribution is 7.13. The summed E-state index contributed by atoms with van der Waals surface area (Å²) in [6.45, 7) is 5.18. The summed E-state index contributed by atoms with van der Waals surface area (Å²) in [5, 5.41) is 13.6. The lowest BCUT2D eigenvalue weighted by atomic mass is 10.2. The first kappa shape index (κ1) is 14.0. The third kappa shape index (κ3) is 3.13. The molecular formula is C13H19N3O2S. The summed E-state index contributed by atoms with van der Waals surface area (Å²) in [6.07, 6.45) is 2.00. The summed E-state index contributed by atoms with van der Waals surface area (Å²) in [5.74, 6) is 1.94. The molecule has 5 nitrogen and oxygen atoms in total. The van der Waals surface area contributed by atoms with Gasteiger partial charge in [0.1, 0.15) is 10.6 Å². The molecule has 2 aromatic rings. The Morgan fingerprint density at radius 2 is 2.26 bits per heavy atom. The zero-order valence-electron chi connectivity index (χ0n) is 11.5. The van der Waals surface area contributed by atoms with Gasteiger partial charge in [-0.15, -0.1) is 21.5 Å². The molecule has 0 aliphatic rings. The van der Waals surface area contributed by atoms with Gasteiger partial charge in [0.25, 0.3) is 5.89 Å². The summed E-state index contributed by atoms with van der Waals surface area (Å²) in [4.78, 5) is 0.881. The lowest BCUT2D eigenvalue weighted by molar-refractivity contribution is 0.392. The lowest BCUT2D eigenvalue weighted by Crippen LogP contribution is -2.21. The number of ether oxygens (including phenoxy) is 1. The van der Waals surface area contributed by atoms with Crippen molar-refractivity contribution in [2.45, 2.75) is 32.7 Å². The molecular weight excluding hydrogens is 262 g/mol. The van der Waals surface area contributed by atoms with Crippen LogP contribution >= 0.6 is 11.3 Å². The van der Waals surface area contributed by atoms with Crippen molar-refractivity contribution in [3.8, 4) is 16.5 Å². The van der Waals surface area contributed by atoms with Crippen LogP contribution in [0.15, 0.2) is 15.9 Å². The molecule has 19 heavy (non-hydrogen) atoms. The van der Waals surface area contributed by atoms with Crippen molar-refractivity contribution in [2.75, 3.05) is 13.7 Å². The quantitative estimate of drug-likeness (QED) is 0.844. The summed E-state index contributed by atoms with van der Waals surface area (Å²) in [7, 11) is 1.64. The second-order valence-corrected chi connectivity index (χ2v) is 5.09. The topological polar surface area (TPSA) is 60.2 Å². The van der Waals surface area contributed by atoms with Crippen LogP contribution in [0.3, 0.4) is 0 Å². The summed E-state index contributed by atoms with van der Waals surface area (Å²) < 4.78 is 11.0. The smallest absolute Gasteiger partial charge is 0.261 e. The van der Waals surface area contributed by atoms with Crippen LogP contribution < -0.4 is 10.1 Å². The van der Waals surface area contributed by atoms with Gasteiger partial charge in [0, 0.05) is 0 Å². The molecule has 0 aromatic carbocycles. The van der Waals surface area contributed by atoms with Crippen LogP contribution in [0.5, 0.6) is 5.75 Å². The number of hydrogen-bond acceptors (Lipinski definition) is 6. The molecule has 0 bridgehead atoms. The molecule has 1 atom stereocenters. The van der Waals surface area contributed by atoms with Crippen LogP contribution in [0.4, 0.5) is 0 Å². The van der Waals surface area contributed by atoms with E-state index in [0.717, 1.165) is 30.0 Å². The third-order valence-corrected chi connectivity index (χ3v) is 3.71. The van der Waals surface area contributed by atoms with Crippen molar-refractivity contribution in [1.82, 2.24) is 15.5 Å². The maximum absolute atomic E-state index is 5.77. The Morgan fingerprint density at radius 3 is 2.95 bits per heavy atom. The largest absolute Gasteiger partial charge is 0.495 e. The Kier molecular flexibility index (Phi) is 4.93. The number of nitrogens with one attached hydrogen (secondary N) is 1. The molecule has 0 aliphatic carbocycles. The van der Waals surface area contributed by atoms with Crippen molar-refractivity contribution >= 4 is 11.3 Å². The molecule has 2 rings (SSSR count). The molecule has 0 amide bonds. The minimum atomic E-state index is 0.118. The van der Waals surface area contributed by atoms with Crippen LogP contribution in [0.1, 0.15) is 38.6 Å². The van der Waals surface area contributed by atoms with Crippen molar-refractivity contribution < 1.29 is 9.15 Å². The van der Waals surface area contributed by atoms with Crippen LogP contribution in [0, 0.1) is 0 Å². The monoisotopic (exact) mass is 281 g/mol. The predicted molar refractivity (Wildman–Crippen MR) is 75.5 cm³/mol. The van der Waals surface area contributed by atoms with Crippen molar-refractivity contribution in [2.24, 2.45) is 0 Å². The molecule has 6 heteroatoms. The van der Waals surface area contributed by atoms with Crippen molar-refractivity contribution in [3.05, 3.63) is 17.3 Å². The standard InChI is InChI=1S/C13H19N3O2S/c1-4-7-14-9(5-2)12-15-16-13(18-12)11-10(17-3)6-8-19-11/h6,8-9,14H,4-5,7H2,1-3H3. The van der Waals surface area contributed by atoms with Gasteiger partial charge in [-0.25, -0.2) is 0 Å². The first-order valence-corrected chi connectivity index (χ1v) is 7.36. The van der Waals surface area contributed by atoms with Gasteiger partial charge < -0.3 is 14.5 Å². The molecule has 104 valence electrons. The Hall–Kier alpha value is -1.40. The van der Waals surface area contributed by atoms with Gasteiger partial charge in [0.15, 0.2) is 0 Å². The van der Waals surface area contributed by atoms with Gasteiger partial charge in [0.05, 0.1) is 13.2 Å². The van der Waals surface area contributed by atoms with E-state index < -0.39 is 0 Å². The molecule has 0 spiro atoms. The Morgan fingerprint density at radius 1 is 1.42 bits per heavy atom. The highest BCUT2D eigenvalue weighted by atomic mass is 32.1. The number of nitrogens with zero attached hydrogens (tertiary/aromatic N) is 2. The van der Waals surface area contributed by atoms with E-state index in [-0.39, 0.29) is 6.04 Å². The fourth-order valence-electron chi connectivity index (χ4n) is 1.81. The number of aromatic nitrogens is 2. The van der Waals surface area contributed by atoms with E-state index in [1.165, 1.54) is 11.3 Å². The molecule has 0 saturated heterocycles. The molecule has 0 aliphatic heterocycles. The minimum Gasteiger partial charge on any atom is -0.495 e. The lowest BCUT2D eigenvalue weighted by Gasteiger charge is -2.11. The highest BCUT2D eigenvalue weighted by Gasteiger charge is 2.19. The van der Waals surface area contributed by atoms with Gasteiger partial charge in [-0.1, -0.05) is 13.8 Å². The van der Waals surface area contributed by atoms with Crippen LogP contribution in [-0.4, -0.2) is 23.9 Å². The van der Waals surface area contributed by atoms with Crippen molar-refractivity contribution in [3.63, 3.8) is 0 Å². The fraction of sp³-hybridized carbons (Fsp3) is 0.538. The van der Waals surface area contributed by atoms with E-state index in [0.29, 0.717) is 11.8 Å². The Labute approximate surface area is 117 Å². The zero-order chi connectivity index (χ0) is 13.7. The molecule has 1 N–H and O–H groups in total. The average molecular weight is 281 g/mol. The second-order valence-electron chi connectivity index (χ2n) is 4.18.